The monoisotopic (exact) mass is 398 g/mol. The summed E-state index contributed by atoms with van der Waals surface area (Å²) in [5, 5.41) is 14.5. The third kappa shape index (κ3) is 4.34. The standard InChI is InChI=1S/C20H23FN6O2/c1-13-18(25-26-27(13)17-7-9-22-10-8-17)19(28)23-11-6-16-12-29-20(24-16)14-2-4-15(21)5-3-14/h2-5,12,17,22H,6-11H2,1H3,(H,23,28). The van der Waals surface area contributed by atoms with Gasteiger partial charge in [0.15, 0.2) is 5.69 Å². The minimum Gasteiger partial charge on any atom is -0.444 e. The number of oxazole rings is 1. The van der Waals surface area contributed by atoms with Crippen LogP contribution in [0.2, 0.25) is 0 Å². The van der Waals surface area contributed by atoms with E-state index in [9.17, 15) is 9.18 Å². The average Bonchev–Trinajstić information content (AvgIpc) is 3.36. The normalized spacial score (nSPS) is 14.8. The van der Waals surface area contributed by atoms with Crippen LogP contribution in [0.4, 0.5) is 4.39 Å². The Kier molecular flexibility index (Phi) is 5.66. The van der Waals surface area contributed by atoms with E-state index in [0.29, 0.717) is 35.8 Å². The van der Waals surface area contributed by atoms with E-state index < -0.39 is 0 Å². The van der Waals surface area contributed by atoms with E-state index in [2.05, 4.69) is 25.9 Å². The molecule has 2 N–H and O–H groups in total. The van der Waals surface area contributed by atoms with Crippen LogP contribution in [0.3, 0.4) is 0 Å². The Hall–Kier alpha value is -3.07. The molecule has 3 aromatic rings. The third-order valence-corrected chi connectivity index (χ3v) is 5.11. The Morgan fingerprint density at radius 3 is 2.83 bits per heavy atom. The molecule has 1 aromatic carbocycles. The predicted molar refractivity (Wildman–Crippen MR) is 104 cm³/mol. The number of rotatable bonds is 6. The lowest BCUT2D eigenvalue weighted by molar-refractivity contribution is 0.0948. The zero-order chi connectivity index (χ0) is 20.2. The number of hydrogen-bond donors (Lipinski definition) is 2. The molecule has 3 heterocycles. The van der Waals surface area contributed by atoms with Crippen molar-refractivity contribution in [2.24, 2.45) is 0 Å². The second-order valence-electron chi connectivity index (χ2n) is 7.11. The van der Waals surface area contributed by atoms with Crippen molar-refractivity contribution in [1.29, 1.82) is 0 Å². The fraction of sp³-hybridized carbons (Fsp3) is 0.400. The van der Waals surface area contributed by atoms with Gasteiger partial charge < -0.3 is 15.1 Å². The molecule has 0 bridgehead atoms. The minimum absolute atomic E-state index is 0.245. The zero-order valence-electron chi connectivity index (χ0n) is 16.2. The highest BCUT2D eigenvalue weighted by atomic mass is 19.1. The molecule has 152 valence electrons. The van der Waals surface area contributed by atoms with Gasteiger partial charge in [-0.3, -0.25) is 4.79 Å². The van der Waals surface area contributed by atoms with Gasteiger partial charge in [0.05, 0.1) is 17.4 Å². The van der Waals surface area contributed by atoms with Crippen LogP contribution in [-0.4, -0.2) is 45.5 Å². The molecular formula is C20H23FN6O2. The number of aromatic nitrogens is 4. The van der Waals surface area contributed by atoms with E-state index in [4.69, 9.17) is 4.42 Å². The molecule has 2 aromatic heterocycles. The summed E-state index contributed by atoms with van der Waals surface area (Å²) in [5.74, 6) is -0.132. The van der Waals surface area contributed by atoms with Gasteiger partial charge in [0.25, 0.3) is 5.91 Å². The largest absolute Gasteiger partial charge is 0.444 e. The van der Waals surface area contributed by atoms with Crippen LogP contribution < -0.4 is 10.6 Å². The fourth-order valence-electron chi connectivity index (χ4n) is 3.48. The quantitative estimate of drug-likeness (QED) is 0.661. The maximum absolute atomic E-state index is 13.0. The van der Waals surface area contributed by atoms with Gasteiger partial charge in [0.2, 0.25) is 5.89 Å². The molecule has 1 saturated heterocycles. The minimum atomic E-state index is -0.310. The number of halogens is 1. The molecule has 0 atom stereocenters. The van der Waals surface area contributed by atoms with Gasteiger partial charge in [-0.05, 0) is 57.1 Å². The lowest BCUT2D eigenvalue weighted by Crippen LogP contribution is -2.30. The van der Waals surface area contributed by atoms with Gasteiger partial charge in [-0.1, -0.05) is 5.21 Å². The van der Waals surface area contributed by atoms with Crippen molar-refractivity contribution in [3.63, 3.8) is 0 Å². The molecule has 0 radical (unpaired) electrons. The maximum Gasteiger partial charge on any atom is 0.273 e. The first-order valence-corrected chi connectivity index (χ1v) is 9.73. The Balaban J connectivity index is 1.32. The lowest BCUT2D eigenvalue weighted by atomic mass is 10.1. The topological polar surface area (TPSA) is 97.9 Å². The van der Waals surface area contributed by atoms with Crippen LogP contribution in [0.1, 0.15) is 40.8 Å². The Labute approximate surface area is 167 Å². The van der Waals surface area contributed by atoms with Gasteiger partial charge in [0, 0.05) is 18.5 Å². The summed E-state index contributed by atoms with van der Waals surface area (Å²) < 4.78 is 20.3. The molecule has 1 aliphatic heterocycles. The van der Waals surface area contributed by atoms with Gasteiger partial charge in [-0.2, -0.15) is 0 Å². The first kappa shape index (κ1) is 19.3. The molecule has 9 heteroatoms. The number of nitrogens with one attached hydrogen (secondary N) is 2. The van der Waals surface area contributed by atoms with E-state index >= 15 is 0 Å². The van der Waals surface area contributed by atoms with Crippen LogP contribution >= 0.6 is 0 Å². The van der Waals surface area contributed by atoms with Gasteiger partial charge in [0.1, 0.15) is 12.1 Å². The molecule has 29 heavy (non-hydrogen) atoms. The van der Waals surface area contributed by atoms with Crippen molar-refractivity contribution in [3.05, 3.63) is 53.4 Å². The van der Waals surface area contributed by atoms with Crippen molar-refractivity contribution in [3.8, 4) is 11.5 Å². The number of nitrogens with zero attached hydrogens (tertiary/aromatic N) is 4. The second kappa shape index (κ2) is 8.52. The lowest BCUT2D eigenvalue weighted by Gasteiger charge is -2.23. The summed E-state index contributed by atoms with van der Waals surface area (Å²) in [6.45, 7) is 4.17. The van der Waals surface area contributed by atoms with Gasteiger partial charge in [-0.15, -0.1) is 5.10 Å². The van der Waals surface area contributed by atoms with E-state index in [1.807, 2.05) is 11.6 Å². The number of carbonyl (C=O) groups excluding carboxylic acids is 1. The summed E-state index contributed by atoms with van der Waals surface area (Å²) in [6.07, 6.45) is 4.02. The second-order valence-corrected chi connectivity index (χ2v) is 7.11. The Morgan fingerprint density at radius 1 is 1.31 bits per heavy atom. The van der Waals surface area contributed by atoms with E-state index in [-0.39, 0.29) is 17.8 Å². The smallest absolute Gasteiger partial charge is 0.273 e. The highest BCUT2D eigenvalue weighted by molar-refractivity contribution is 5.93. The number of piperidine rings is 1. The highest BCUT2D eigenvalue weighted by Gasteiger charge is 2.22. The Morgan fingerprint density at radius 2 is 2.07 bits per heavy atom. The van der Waals surface area contributed by atoms with Crippen LogP contribution in [0.25, 0.3) is 11.5 Å². The number of amides is 1. The van der Waals surface area contributed by atoms with Gasteiger partial charge >= 0.3 is 0 Å². The summed E-state index contributed by atoms with van der Waals surface area (Å²) in [4.78, 5) is 16.9. The first-order chi connectivity index (χ1) is 14.1. The van der Waals surface area contributed by atoms with Gasteiger partial charge in [-0.25, -0.2) is 14.1 Å². The first-order valence-electron chi connectivity index (χ1n) is 9.73. The van der Waals surface area contributed by atoms with Crippen molar-refractivity contribution in [2.45, 2.75) is 32.2 Å². The van der Waals surface area contributed by atoms with Crippen molar-refractivity contribution >= 4 is 5.91 Å². The molecule has 1 amide bonds. The Bertz CT molecular complexity index is 975. The SMILES string of the molecule is Cc1c(C(=O)NCCc2coc(-c3ccc(F)cc3)n2)nnn1C1CCNCC1. The average molecular weight is 398 g/mol. The fourth-order valence-corrected chi connectivity index (χ4v) is 3.48. The summed E-state index contributed by atoms with van der Waals surface area (Å²) in [7, 11) is 0. The summed E-state index contributed by atoms with van der Waals surface area (Å²) in [6, 6.07) is 6.23. The van der Waals surface area contributed by atoms with E-state index in [1.54, 1.807) is 18.4 Å². The van der Waals surface area contributed by atoms with E-state index in [0.717, 1.165) is 31.6 Å². The predicted octanol–water partition coefficient (Wildman–Crippen LogP) is 2.28. The van der Waals surface area contributed by atoms with Crippen LogP contribution in [0, 0.1) is 12.7 Å². The molecule has 1 aliphatic rings. The summed E-state index contributed by atoms with van der Waals surface area (Å²) in [5.41, 5.74) is 2.55. The number of carbonyl (C=O) groups is 1. The molecule has 1 fully saturated rings. The zero-order valence-corrected chi connectivity index (χ0v) is 16.2. The molecule has 0 unspecified atom stereocenters. The number of benzene rings is 1. The van der Waals surface area contributed by atoms with Crippen LogP contribution in [0.15, 0.2) is 34.9 Å². The number of hydrogen-bond acceptors (Lipinski definition) is 6. The molecule has 0 spiro atoms. The molecule has 4 rings (SSSR count). The third-order valence-electron chi connectivity index (χ3n) is 5.11. The summed E-state index contributed by atoms with van der Waals surface area (Å²) >= 11 is 0. The van der Waals surface area contributed by atoms with Crippen molar-refractivity contribution < 1.29 is 13.6 Å². The molecule has 0 saturated carbocycles. The van der Waals surface area contributed by atoms with Crippen molar-refractivity contribution in [1.82, 2.24) is 30.6 Å². The van der Waals surface area contributed by atoms with Crippen LogP contribution in [-0.2, 0) is 6.42 Å². The molecular weight excluding hydrogens is 375 g/mol. The van der Waals surface area contributed by atoms with Crippen LogP contribution in [0.5, 0.6) is 0 Å². The van der Waals surface area contributed by atoms with E-state index in [1.165, 1.54) is 12.1 Å². The molecule has 8 nitrogen and oxygen atoms in total. The maximum atomic E-state index is 13.0. The molecule has 0 aliphatic carbocycles. The highest BCUT2D eigenvalue weighted by Crippen LogP contribution is 2.21. The van der Waals surface area contributed by atoms with Crippen molar-refractivity contribution in [2.75, 3.05) is 19.6 Å².